The smallest absolute Gasteiger partial charge is 0.248 e. The van der Waals surface area contributed by atoms with Gasteiger partial charge in [0, 0.05) is 24.3 Å². The molecule has 1 aromatic carbocycles. The van der Waals surface area contributed by atoms with Gasteiger partial charge in [-0.1, -0.05) is 18.2 Å². The number of amides is 2. The second kappa shape index (κ2) is 7.91. The minimum Gasteiger partial charge on any atom is -0.366 e. The van der Waals surface area contributed by atoms with Crippen LogP contribution in [-0.4, -0.2) is 36.3 Å². The van der Waals surface area contributed by atoms with E-state index in [1.54, 1.807) is 36.4 Å². The van der Waals surface area contributed by atoms with Crippen molar-refractivity contribution >= 4 is 17.5 Å². The fourth-order valence-electron chi connectivity index (χ4n) is 1.72. The summed E-state index contributed by atoms with van der Waals surface area (Å²) in [5, 5.41) is 2.73. The summed E-state index contributed by atoms with van der Waals surface area (Å²) in [5.41, 5.74) is 6.09. The summed E-state index contributed by atoms with van der Waals surface area (Å²) in [6.45, 7) is 8.71. The molecule has 0 fully saturated rings. The maximum Gasteiger partial charge on any atom is 0.248 e. The highest BCUT2D eigenvalue weighted by molar-refractivity contribution is 5.96. The lowest BCUT2D eigenvalue weighted by atomic mass is 10.2. The lowest BCUT2D eigenvalue weighted by molar-refractivity contribution is -0.117. The standard InChI is InChI=1S/C15H19N3O2/c1-3-8-18(9-4-2)11-14(19)17-13-7-5-6-12(10-13)15(16)20/h3-7,10H,1-2,8-9,11H2,(H2,16,20)(H,17,19). The number of anilines is 1. The molecule has 0 saturated heterocycles. The number of benzene rings is 1. The molecule has 0 spiro atoms. The fraction of sp³-hybridized carbons (Fsp3) is 0.200. The molecule has 1 rings (SSSR count). The summed E-state index contributed by atoms with van der Waals surface area (Å²) in [6.07, 6.45) is 3.45. The minimum absolute atomic E-state index is 0.171. The molecule has 0 atom stereocenters. The Morgan fingerprint density at radius 2 is 1.90 bits per heavy atom. The van der Waals surface area contributed by atoms with Gasteiger partial charge in [-0.15, -0.1) is 13.2 Å². The first kappa shape index (κ1) is 15.7. The van der Waals surface area contributed by atoms with Gasteiger partial charge in [-0.05, 0) is 18.2 Å². The lowest BCUT2D eigenvalue weighted by Gasteiger charge is -2.18. The molecule has 0 aliphatic rings. The predicted octanol–water partition coefficient (Wildman–Crippen LogP) is 1.40. The second-order valence-corrected chi connectivity index (χ2v) is 4.26. The first-order valence-corrected chi connectivity index (χ1v) is 6.20. The number of carbonyl (C=O) groups is 2. The molecule has 0 bridgehead atoms. The van der Waals surface area contributed by atoms with Crippen LogP contribution < -0.4 is 11.1 Å². The summed E-state index contributed by atoms with van der Waals surface area (Å²) in [7, 11) is 0. The normalized spacial score (nSPS) is 10.1. The van der Waals surface area contributed by atoms with E-state index in [-0.39, 0.29) is 12.5 Å². The molecule has 5 nitrogen and oxygen atoms in total. The number of nitrogens with zero attached hydrogens (tertiary/aromatic N) is 1. The Hall–Kier alpha value is -2.40. The first-order chi connectivity index (χ1) is 9.56. The average molecular weight is 273 g/mol. The van der Waals surface area contributed by atoms with Crippen LogP contribution >= 0.6 is 0 Å². The third-order valence-corrected chi connectivity index (χ3v) is 2.57. The van der Waals surface area contributed by atoms with Crippen molar-refractivity contribution in [2.45, 2.75) is 0 Å². The molecule has 0 heterocycles. The van der Waals surface area contributed by atoms with Gasteiger partial charge in [0.05, 0.1) is 6.54 Å². The highest BCUT2D eigenvalue weighted by Gasteiger charge is 2.09. The Bertz CT molecular complexity index is 502. The molecule has 0 aliphatic carbocycles. The van der Waals surface area contributed by atoms with Crippen LogP contribution in [0.3, 0.4) is 0 Å². The van der Waals surface area contributed by atoms with Gasteiger partial charge in [0.2, 0.25) is 11.8 Å². The Labute approximate surface area is 118 Å². The molecule has 2 amide bonds. The van der Waals surface area contributed by atoms with Gasteiger partial charge >= 0.3 is 0 Å². The first-order valence-electron chi connectivity index (χ1n) is 6.20. The van der Waals surface area contributed by atoms with Crippen molar-refractivity contribution in [3.63, 3.8) is 0 Å². The summed E-state index contributed by atoms with van der Waals surface area (Å²) < 4.78 is 0. The summed E-state index contributed by atoms with van der Waals surface area (Å²) >= 11 is 0. The van der Waals surface area contributed by atoms with E-state index in [2.05, 4.69) is 18.5 Å². The lowest BCUT2D eigenvalue weighted by Crippen LogP contribution is -2.33. The van der Waals surface area contributed by atoms with Gasteiger partial charge in [0.1, 0.15) is 0 Å². The molecule has 0 aromatic heterocycles. The van der Waals surface area contributed by atoms with Gasteiger partial charge in [0.25, 0.3) is 0 Å². The van der Waals surface area contributed by atoms with Crippen LogP contribution in [-0.2, 0) is 4.79 Å². The van der Waals surface area contributed by atoms with E-state index in [1.165, 1.54) is 0 Å². The summed E-state index contributed by atoms with van der Waals surface area (Å²) in [6, 6.07) is 6.52. The molecule has 0 radical (unpaired) electrons. The third-order valence-electron chi connectivity index (χ3n) is 2.57. The van der Waals surface area contributed by atoms with E-state index >= 15 is 0 Å². The Kier molecular flexibility index (Phi) is 6.19. The SMILES string of the molecule is C=CCN(CC=C)CC(=O)Nc1cccc(C(N)=O)c1. The van der Waals surface area contributed by atoms with Crippen LogP contribution in [0, 0.1) is 0 Å². The van der Waals surface area contributed by atoms with E-state index in [4.69, 9.17) is 5.73 Å². The molecular weight excluding hydrogens is 254 g/mol. The molecule has 0 unspecified atom stereocenters. The van der Waals surface area contributed by atoms with Crippen molar-refractivity contribution in [2.75, 3.05) is 25.0 Å². The second-order valence-electron chi connectivity index (χ2n) is 4.26. The zero-order chi connectivity index (χ0) is 15.0. The van der Waals surface area contributed by atoms with Crippen molar-refractivity contribution in [1.29, 1.82) is 0 Å². The zero-order valence-corrected chi connectivity index (χ0v) is 11.3. The molecule has 20 heavy (non-hydrogen) atoms. The Morgan fingerprint density at radius 1 is 1.25 bits per heavy atom. The van der Waals surface area contributed by atoms with E-state index in [0.717, 1.165) is 0 Å². The van der Waals surface area contributed by atoms with Gasteiger partial charge < -0.3 is 11.1 Å². The number of carbonyl (C=O) groups excluding carboxylic acids is 2. The molecule has 106 valence electrons. The van der Waals surface area contributed by atoms with Crippen LogP contribution in [0.1, 0.15) is 10.4 Å². The maximum absolute atomic E-state index is 11.9. The molecule has 3 N–H and O–H groups in total. The molecule has 0 saturated carbocycles. The monoisotopic (exact) mass is 273 g/mol. The molecule has 0 aliphatic heterocycles. The van der Waals surface area contributed by atoms with Crippen molar-refractivity contribution in [3.8, 4) is 0 Å². The van der Waals surface area contributed by atoms with Crippen LogP contribution in [0.15, 0.2) is 49.6 Å². The van der Waals surface area contributed by atoms with E-state index < -0.39 is 5.91 Å². The predicted molar refractivity (Wildman–Crippen MR) is 80.4 cm³/mol. The quantitative estimate of drug-likeness (QED) is 0.703. The molecule has 5 heteroatoms. The maximum atomic E-state index is 11.9. The number of hydrogen-bond acceptors (Lipinski definition) is 3. The number of primary amides is 1. The van der Waals surface area contributed by atoms with E-state index in [0.29, 0.717) is 24.3 Å². The van der Waals surface area contributed by atoms with Crippen LogP contribution in [0.2, 0.25) is 0 Å². The zero-order valence-electron chi connectivity index (χ0n) is 11.3. The van der Waals surface area contributed by atoms with Gasteiger partial charge in [-0.3, -0.25) is 14.5 Å². The molecular formula is C15H19N3O2. The fourth-order valence-corrected chi connectivity index (χ4v) is 1.72. The van der Waals surface area contributed by atoms with E-state index in [9.17, 15) is 9.59 Å². The number of nitrogens with one attached hydrogen (secondary N) is 1. The van der Waals surface area contributed by atoms with Gasteiger partial charge in [-0.25, -0.2) is 0 Å². The molecule has 1 aromatic rings. The summed E-state index contributed by atoms with van der Waals surface area (Å²) in [5.74, 6) is -0.698. The average Bonchev–Trinajstić information content (AvgIpc) is 2.39. The highest BCUT2D eigenvalue weighted by atomic mass is 16.2. The van der Waals surface area contributed by atoms with Crippen LogP contribution in [0.4, 0.5) is 5.69 Å². The topological polar surface area (TPSA) is 75.4 Å². The highest BCUT2D eigenvalue weighted by Crippen LogP contribution is 2.10. The van der Waals surface area contributed by atoms with Crippen molar-refractivity contribution in [2.24, 2.45) is 5.73 Å². The minimum atomic E-state index is -0.527. The van der Waals surface area contributed by atoms with E-state index in [1.807, 2.05) is 4.90 Å². The Morgan fingerprint density at radius 3 is 2.45 bits per heavy atom. The van der Waals surface area contributed by atoms with Crippen LogP contribution in [0.5, 0.6) is 0 Å². The van der Waals surface area contributed by atoms with Crippen molar-refractivity contribution in [1.82, 2.24) is 4.90 Å². The van der Waals surface area contributed by atoms with Gasteiger partial charge in [0.15, 0.2) is 0 Å². The number of nitrogens with two attached hydrogens (primary N) is 1. The Balaban J connectivity index is 2.65. The van der Waals surface area contributed by atoms with Gasteiger partial charge in [-0.2, -0.15) is 0 Å². The third kappa shape index (κ3) is 5.07. The number of rotatable bonds is 8. The van der Waals surface area contributed by atoms with Crippen LogP contribution in [0.25, 0.3) is 0 Å². The largest absolute Gasteiger partial charge is 0.366 e. The van der Waals surface area contributed by atoms with Crippen molar-refractivity contribution < 1.29 is 9.59 Å². The van der Waals surface area contributed by atoms with Crippen molar-refractivity contribution in [3.05, 3.63) is 55.1 Å². The number of hydrogen-bond donors (Lipinski definition) is 2. The summed E-state index contributed by atoms with van der Waals surface area (Å²) in [4.78, 5) is 24.9.